The average molecular weight is 837 g/mol. The summed E-state index contributed by atoms with van der Waals surface area (Å²) >= 11 is 0. The smallest absolute Gasteiger partial charge is 0.216 e. The maximum absolute atomic E-state index is 11.5. The Labute approximate surface area is 298 Å². The van der Waals surface area contributed by atoms with Gasteiger partial charge >= 0.3 is 0 Å². The van der Waals surface area contributed by atoms with Crippen LogP contribution >= 0.6 is 0 Å². The number of benzene rings is 3. The predicted molar refractivity (Wildman–Crippen MR) is 198 cm³/mol. The Morgan fingerprint density at radius 1 is 0.896 bits per heavy atom. The van der Waals surface area contributed by atoms with E-state index in [1.807, 2.05) is 66.7 Å². The Bertz CT molecular complexity index is 2210. The number of nitrogens with zero attached hydrogens (tertiary/aromatic N) is 3. The molecule has 48 heavy (non-hydrogen) atoms. The Kier molecular flexibility index (Phi) is 10.3. The fourth-order valence-electron chi connectivity index (χ4n) is 6.19. The Morgan fingerprint density at radius 2 is 1.56 bits per heavy atom. The minimum atomic E-state index is -1.54. The minimum Gasteiger partial charge on any atom is -0.512 e. The molecule has 6 rings (SSSR count). The molecule has 0 saturated heterocycles. The zero-order valence-corrected chi connectivity index (χ0v) is 33.5. The molecule has 3 aromatic carbocycles. The van der Waals surface area contributed by atoms with Crippen molar-refractivity contribution >= 4 is 62.8 Å². The normalized spacial score (nSPS) is 12.7. The van der Waals surface area contributed by atoms with E-state index in [0.717, 1.165) is 44.2 Å². The number of aryl methyl sites for hydroxylation is 3. The van der Waals surface area contributed by atoms with E-state index >= 15 is 0 Å². The van der Waals surface area contributed by atoms with E-state index in [1.165, 1.54) is 33.2 Å². The van der Waals surface area contributed by atoms with Crippen LogP contribution in [0.4, 0.5) is 0 Å². The fourth-order valence-corrected chi connectivity index (χ4v) is 8.69. The SMILES string of the molecule is CC(C)(C)C(=O)/C=C(\O)C(C)(C)C.Cc1ccc2c(n1)oc1c(-c3ncnc4c3ccc3cc(C)c([Si](C)(C)C)c(C)c34)[c-]ccc12.[Ir]. The molecule has 6 nitrogen and oxygen atoms in total. The van der Waals surface area contributed by atoms with Crippen molar-refractivity contribution in [1.82, 2.24) is 15.0 Å². The van der Waals surface area contributed by atoms with E-state index in [9.17, 15) is 9.90 Å². The van der Waals surface area contributed by atoms with Crippen LogP contribution in [0.15, 0.2) is 65.0 Å². The zero-order valence-electron chi connectivity index (χ0n) is 30.1. The summed E-state index contributed by atoms with van der Waals surface area (Å²) in [7, 11) is -1.54. The average Bonchev–Trinajstić information content (AvgIpc) is 3.32. The van der Waals surface area contributed by atoms with Crippen molar-refractivity contribution in [1.29, 1.82) is 0 Å². The number of hydrogen-bond acceptors (Lipinski definition) is 6. The number of rotatable bonds is 3. The Balaban J connectivity index is 0.000000319. The number of aliphatic hydroxyl groups is 1. The van der Waals surface area contributed by atoms with E-state index in [4.69, 9.17) is 14.4 Å². The van der Waals surface area contributed by atoms with Gasteiger partial charge in [-0.2, -0.15) is 0 Å². The molecule has 0 atom stereocenters. The van der Waals surface area contributed by atoms with Gasteiger partial charge in [0.05, 0.1) is 19.2 Å². The van der Waals surface area contributed by atoms with E-state index in [0.29, 0.717) is 5.71 Å². The standard InChI is InChI=1S/C29H26N3OSi.C11H20O2.Ir/c1-16-14-19-11-13-22-25(30-15-31-26(22)24(19)18(3)28(16)34(4,5)6)23-9-7-8-20-21-12-10-17(2)32-29(21)33-27(20)23;1-10(2,3)8(12)7-9(13)11(4,5)6;/h7-8,10-15H,1-6H3;7,12H,1-6H3;/q-1;;/b;8-7-;. The molecule has 0 amide bonds. The van der Waals surface area contributed by atoms with Crippen molar-refractivity contribution in [2.45, 2.75) is 82.0 Å². The van der Waals surface area contributed by atoms with Gasteiger partial charge in [-0.05, 0) is 49.2 Å². The second-order valence-corrected chi connectivity index (χ2v) is 20.6. The number of fused-ring (bicyclic) bond motifs is 6. The number of aromatic nitrogens is 3. The zero-order chi connectivity index (χ0) is 34.6. The summed E-state index contributed by atoms with van der Waals surface area (Å²) in [5.74, 6) is 0.104. The van der Waals surface area contributed by atoms with Gasteiger partial charge in [-0.1, -0.05) is 101 Å². The number of hydrogen-bond donors (Lipinski definition) is 1. The number of aliphatic hydroxyl groups excluding tert-OH is 1. The van der Waals surface area contributed by atoms with Crippen molar-refractivity contribution in [3.8, 4) is 11.3 Å². The Morgan fingerprint density at radius 3 is 2.19 bits per heavy atom. The van der Waals surface area contributed by atoms with Gasteiger partial charge in [-0.15, -0.1) is 18.2 Å². The molecular weight excluding hydrogens is 791 g/mol. The van der Waals surface area contributed by atoms with Crippen LogP contribution in [0.5, 0.6) is 0 Å². The van der Waals surface area contributed by atoms with Gasteiger partial charge in [0, 0.05) is 59.2 Å². The number of ketones is 1. The monoisotopic (exact) mass is 837 g/mol. The van der Waals surface area contributed by atoms with E-state index in [2.05, 4.69) is 68.8 Å². The van der Waals surface area contributed by atoms with E-state index < -0.39 is 13.5 Å². The second kappa shape index (κ2) is 13.3. The molecule has 0 saturated carbocycles. The minimum absolute atomic E-state index is 0. The van der Waals surface area contributed by atoms with Crippen molar-refractivity contribution in [2.75, 3.05) is 0 Å². The third kappa shape index (κ3) is 7.17. The van der Waals surface area contributed by atoms with E-state index in [1.54, 1.807) is 6.33 Å². The largest absolute Gasteiger partial charge is 0.512 e. The van der Waals surface area contributed by atoms with Gasteiger partial charge in [-0.25, -0.2) is 9.97 Å². The molecule has 1 radical (unpaired) electrons. The van der Waals surface area contributed by atoms with Gasteiger partial charge in [0.1, 0.15) is 12.1 Å². The number of carbonyl (C=O) groups excluding carboxylic acids is 1. The molecule has 0 unspecified atom stereocenters. The Hall–Kier alpha value is -3.71. The van der Waals surface area contributed by atoms with Gasteiger partial charge in [0.2, 0.25) is 5.71 Å². The van der Waals surface area contributed by atoms with Gasteiger partial charge in [-0.3, -0.25) is 9.78 Å². The van der Waals surface area contributed by atoms with Gasteiger partial charge in [0.25, 0.3) is 0 Å². The van der Waals surface area contributed by atoms with Crippen molar-refractivity contribution in [2.24, 2.45) is 10.8 Å². The first-order valence-electron chi connectivity index (χ1n) is 16.1. The molecule has 0 bridgehead atoms. The number of carbonyl (C=O) groups is 1. The summed E-state index contributed by atoms with van der Waals surface area (Å²) in [6.45, 7) is 24.8. The summed E-state index contributed by atoms with van der Waals surface area (Å²) < 4.78 is 6.26. The summed E-state index contributed by atoms with van der Waals surface area (Å²) in [4.78, 5) is 25.6. The van der Waals surface area contributed by atoms with Crippen LogP contribution < -0.4 is 5.19 Å². The molecule has 3 heterocycles. The molecular formula is C40H46IrN3O3Si-. The molecule has 0 aliphatic carbocycles. The molecule has 0 aliphatic rings. The first kappa shape index (κ1) is 37.1. The second-order valence-electron chi connectivity index (χ2n) is 15.6. The van der Waals surface area contributed by atoms with Gasteiger partial charge in [0.15, 0.2) is 5.78 Å². The maximum Gasteiger partial charge on any atom is 0.216 e. The molecule has 0 spiro atoms. The summed E-state index contributed by atoms with van der Waals surface area (Å²) in [5.41, 5.74) is 6.95. The molecule has 0 fully saturated rings. The van der Waals surface area contributed by atoms with Crippen molar-refractivity contribution < 1.29 is 34.4 Å². The quantitative estimate of drug-likeness (QED) is 0.0628. The van der Waals surface area contributed by atoms with Crippen LogP contribution in [-0.2, 0) is 24.9 Å². The number of allylic oxidation sites excluding steroid dienone is 2. The van der Waals surface area contributed by atoms with Crippen LogP contribution in [0.3, 0.4) is 0 Å². The molecule has 8 heteroatoms. The fraction of sp³-hybridized carbons (Fsp3) is 0.350. The predicted octanol–water partition coefficient (Wildman–Crippen LogP) is 10.1. The van der Waals surface area contributed by atoms with Crippen molar-refractivity contribution in [3.05, 3.63) is 83.5 Å². The molecule has 3 aromatic heterocycles. The molecule has 6 aromatic rings. The van der Waals surface area contributed by atoms with Gasteiger partial charge < -0.3 is 9.52 Å². The van der Waals surface area contributed by atoms with Crippen molar-refractivity contribution in [3.63, 3.8) is 0 Å². The molecule has 0 aliphatic heterocycles. The van der Waals surface area contributed by atoms with Crippen LogP contribution in [0, 0.1) is 37.7 Å². The maximum atomic E-state index is 11.5. The van der Waals surface area contributed by atoms with Crippen LogP contribution in [0.25, 0.3) is 55.0 Å². The first-order valence-corrected chi connectivity index (χ1v) is 19.6. The van der Waals surface area contributed by atoms with Crippen LogP contribution in [0.2, 0.25) is 19.6 Å². The molecule has 253 valence electrons. The van der Waals surface area contributed by atoms with Crippen LogP contribution in [0.1, 0.15) is 58.4 Å². The third-order valence-corrected chi connectivity index (χ3v) is 10.8. The summed E-state index contributed by atoms with van der Waals surface area (Å²) in [6.07, 6.45) is 3.00. The van der Waals surface area contributed by atoms with E-state index in [-0.39, 0.29) is 37.1 Å². The number of pyridine rings is 1. The summed E-state index contributed by atoms with van der Waals surface area (Å²) in [5, 5.41) is 16.6. The number of furan rings is 1. The topological polar surface area (TPSA) is 89.1 Å². The van der Waals surface area contributed by atoms with Crippen LogP contribution in [-0.4, -0.2) is 33.9 Å². The molecule has 1 N–H and O–H groups in total. The third-order valence-electron chi connectivity index (χ3n) is 8.56. The first-order chi connectivity index (χ1) is 21.8. The summed E-state index contributed by atoms with van der Waals surface area (Å²) in [6, 6.07) is 18.1.